The van der Waals surface area contributed by atoms with Gasteiger partial charge in [-0.1, -0.05) is 6.92 Å². The van der Waals surface area contributed by atoms with Gasteiger partial charge in [-0.05, 0) is 63.9 Å². The standard InChI is InChI=1S/C15H15BrF3NO2/c1-14-2-3-20(13(22)15(17,18)19)9(7-14)4-8-5-11(16)12(21)6-10(8)14/h5-6,9,21H,2-4,7H2,1H3/t9-,14-/m1/s1. The van der Waals surface area contributed by atoms with Crippen molar-refractivity contribution in [1.82, 2.24) is 4.90 Å². The Morgan fingerprint density at radius 2 is 2.14 bits per heavy atom. The second-order valence-corrected chi connectivity index (χ2v) is 7.18. The van der Waals surface area contributed by atoms with Crippen molar-refractivity contribution in [3.05, 3.63) is 27.7 Å². The van der Waals surface area contributed by atoms with Crippen LogP contribution in [0.15, 0.2) is 16.6 Å². The van der Waals surface area contributed by atoms with Gasteiger partial charge in [-0.25, -0.2) is 0 Å². The number of phenols is 1. The number of fused-ring (bicyclic) bond motifs is 4. The lowest BCUT2D eigenvalue weighted by Crippen LogP contribution is -2.57. The third-order valence-electron chi connectivity index (χ3n) is 4.81. The second-order valence-electron chi connectivity index (χ2n) is 6.33. The van der Waals surface area contributed by atoms with Crippen LogP contribution in [0.3, 0.4) is 0 Å². The molecule has 1 aromatic rings. The molecule has 0 spiro atoms. The quantitative estimate of drug-likeness (QED) is 0.751. The number of nitrogens with zero attached hydrogens (tertiary/aromatic N) is 1. The fourth-order valence-corrected chi connectivity index (χ4v) is 4.12. The maximum atomic E-state index is 12.7. The normalized spacial score (nSPS) is 27.5. The molecule has 2 atom stereocenters. The Morgan fingerprint density at radius 3 is 2.77 bits per heavy atom. The number of hydrogen-bond acceptors (Lipinski definition) is 2. The molecule has 1 amide bonds. The molecule has 0 radical (unpaired) electrons. The lowest BCUT2D eigenvalue weighted by Gasteiger charge is -2.49. The summed E-state index contributed by atoms with van der Waals surface area (Å²) < 4.78 is 38.7. The molecular weight excluding hydrogens is 363 g/mol. The lowest BCUT2D eigenvalue weighted by molar-refractivity contribution is -0.190. The Labute approximate surface area is 134 Å². The molecular formula is C15H15BrF3NO2. The zero-order valence-corrected chi connectivity index (χ0v) is 13.5. The number of piperidine rings is 1. The van der Waals surface area contributed by atoms with Crippen molar-refractivity contribution in [3.63, 3.8) is 0 Å². The van der Waals surface area contributed by atoms with Gasteiger partial charge in [-0.3, -0.25) is 4.79 Å². The maximum Gasteiger partial charge on any atom is 0.471 e. The fraction of sp³-hybridized carbons (Fsp3) is 0.533. The largest absolute Gasteiger partial charge is 0.507 e. The van der Waals surface area contributed by atoms with Crippen molar-refractivity contribution >= 4 is 21.8 Å². The Bertz CT molecular complexity index is 646. The minimum absolute atomic E-state index is 0.0930. The number of halogens is 4. The Balaban J connectivity index is 1.99. The van der Waals surface area contributed by atoms with Crippen LogP contribution in [0.4, 0.5) is 13.2 Å². The number of alkyl halides is 3. The summed E-state index contributed by atoms with van der Waals surface area (Å²) in [6.07, 6.45) is -3.50. The third-order valence-corrected chi connectivity index (χ3v) is 5.45. The summed E-state index contributed by atoms with van der Waals surface area (Å²) in [5.41, 5.74) is 1.56. The summed E-state index contributed by atoms with van der Waals surface area (Å²) in [6, 6.07) is 2.99. The summed E-state index contributed by atoms with van der Waals surface area (Å²) in [4.78, 5) is 12.6. The first-order valence-electron chi connectivity index (χ1n) is 7.01. The van der Waals surface area contributed by atoms with E-state index in [9.17, 15) is 23.1 Å². The molecule has 0 aromatic heterocycles. The van der Waals surface area contributed by atoms with Crippen LogP contribution in [-0.2, 0) is 16.6 Å². The van der Waals surface area contributed by atoms with Crippen LogP contribution in [0.25, 0.3) is 0 Å². The highest BCUT2D eigenvalue weighted by Gasteiger charge is 2.50. The van der Waals surface area contributed by atoms with E-state index in [0.29, 0.717) is 23.7 Å². The fourth-order valence-electron chi connectivity index (χ4n) is 3.73. The van der Waals surface area contributed by atoms with E-state index in [1.807, 2.05) is 6.92 Å². The van der Waals surface area contributed by atoms with E-state index in [1.54, 1.807) is 12.1 Å². The van der Waals surface area contributed by atoms with E-state index in [1.165, 1.54) is 0 Å². The Kier molecular flexibility index (Phi) is 3.47. The minimum atomic E-state index is -4.83. The van der Waals surface area contributed by atoms with Crippen LogP contribution in [0.2, 0.25) is 0 Å². The highest BCUT2D eigenvalue weighted by molar-refractivity contribution is 9.10. The number of likely N-dealkylation sites (tertiary alicyclic amines) is 1. The molecule has 1 aromatic carbocycles. The number of carbonyl (C=O) groups excluding carboxylic acids is 1. The SMILES string of the molecule is C[C@]12CCN(C(=O)C(F)(F)F)[C@H](Cc3cc(Br)c(O)cc31)C2. The van der Waals surface area contributed by atoms with Crippen LogP contribution in [0.5, 0.6) is 5.75 Å². The first-order valence-corrected chi connectivity index (χ1v) is 7.81. The number of phenolic OH excluding ortho intramolecular Hbond substituents is 1. The van der Waals surface area contributed by atoms with Gasteiger partial charge in [0, 0.05) is 12.6 Å². The molecule has 0 saturated carbocycles. The molecule has 3 nitrogen and oxygen atoms in total. The first kappa shape index (κ1) is 15.6. The van der Waals surface area contributed by atoms with Gasteiger partial charge < -0.3 is 10.0 Å². The predicted octanol–water partition coefficient (Wildman–Crippen LogP) is 3.52. The third kappa shape index (κ3) is 2.39. The minimum Gasteiger partial charge on any atom is -0.507 e. The van der Waals surface area contributed by atoms with Crippen molar-refractivity contribution in [3.8, 4) is 5.75 Å². The van der Waals surface area contributed by atoms with E-state index in [2.05, 4.69) is 15.9 Å². The number of amides is 1. The molecule has 2 bridgehead atoms. The van der Waals surface area contributed by atoms with E-state index in [4.69, 9.17) is 0 Å². The zero-order chi connectivity index (χ0) is 16.3. The van der Waals surface area contributed by atoms with Crippen LogP contribution in [0, 0.1) is 0 Å². The molecule has 120 valence electrons. The number of hydrogen-bond donors (Lipinski definition) is 1. The van der Waals surface area contributed by atoms with Crippen molar-refractivity contribution < 1.29 is 23.1 Å². The van der Waals surface area contributed by atoms with Gasteiger partial charge >= 0.3 is 12.1 Å². The van der Waals surface area contributed by atoms with Gasteiger partial charge in [0.15, 0.2) is 0 Å². The van der Waals surface area contributed by atoms with E-state index in [-0.39, 0.29) is 17.7 Å². The topological polar surface area (TPSA) is 40.5 Å². The summed E-state index contributed by atoms with van der Waals surface area (Å²) in [5.74, 6) is -1.62. The van der Waals surface area contributed by atoms with E-state index < -0.39 is 18.1 Å². The van der Waals surface area contributed by atoms with Gasteiger partial charge in [0.1, 0.15) is 5.75 Å². The van der Waals surface area contributed by atoms with Gasteiger partial charge in [-0.2, -0.15) is 13.2 Å². The molecule has 3 rings (SSSR count). The molecule has 1 N–H and O–H groups in total. The van der Waals surface area contributed by atoms with Crippen LogP contribution in [-0.4, -0.2) is 34.7 Å². The molecule has 1 aliphatic carbocycles. The number of aromatic hydroxyl groups is 1. The molecule has 0 unspecified atom stereocenters. The lowest BCUT2D eigenvalue weighted by atomic mass is 9.65. The van der Waals surface area contributed by atoms with Crippen LogP contribution < -0.4 is 0 Å². The first-order chi connectivity index (χ1) is 10.1. The van der Waals surface area contributed by atoms with Crippen LogP contribution >= 0.6 is 15.9 Å². The van der Waals surface area contributed by atoms with Crippen molar-refractivity contribution in [2.75, 3.05) is 6.54 Å². The Morgan fingerprint density at radius 1 is 1.45 bits per heavy atom. The van der Waals surface area contributed by atoms with Crippen LogP contribution in [0.1, 0.15) is 30.9 Å². The van der Waals surface area contributed by atoms with Gasteiger partial charge in [0.25, 0.3) is 0 Å². The molecule has 1 aliphatic heterocycles. The maximum absolute atomic E-state index is 12.7. The summed E-state index contributed by atoms with van der Waals surface area (Å²) in [6.45, 7) is 2.08. The van der Waals surface area contributed by atoms with Crippen molar-refractivity contribution in [2.45, 2.75) is 43.8 Å². The smallest absolute Gasteiger partial charge is 0.471 e. The van der Waals surface area contributed by atoms with Crippen molar-refractivity contribution in [2.24, 2.45) is 0 Å². The predicted molar refractivity (Wildman–Crippen MR) is 77.7 cm³/mol. The van der Waals surface area contributed by atoms with Gasteiger partial charge in [-0.15, -0.1) is 0 Å². The summed E-state index contributed by atoms with van der Waals surface area (Å²) >= 11 is 3.24. The second kappa shape index (κ2) is 4.88. The van der Waals surface area contributed by atoms with Gasteiger partial charge in [0.05, 0.1) is 4.47 Å². The molecule has 2 aliphatic rings. The van der Waals surface area contributed by atoms with E-state index in [0.717, 1.165) is 16.0 Å². The summed E-state index contributed by atoms with van der Waals surface area (Å²) in [7, 11) is 0. The Hall–Kier alpha value is -1.24. The molecule has 22 heavy (non-hydrogen) atoms. The number of benzene rings is 1. The molecule has 7 heteroatoms. The van der Waals surface area contributed by atoms with Gasteiger partial charge in [0.2, 0.25) is 0 Å². The number of carbonyl (C=O) groups is 1. The summed E-state index contributed by atoms with van der Waals surface area (Å²) in [5, 5.41) is 9.87. The van der Waals surface area contributed by atoms with E-state index >= 15 is 0 Å². The highest BCUT2D eigenvalue weighted by Crippen LogP contribution is 2.47. The average molecular weight is 378 g/mol. The molecule has 1 heterocycles. The van der Waals surface area contributed by atoms with Crippen molar-refractivity contribution in [1.29, 1.82) is 0 Å². The molecule has 1 fully saturated rings. The highest BCUT2D eigenvalue weighted by atomic mass is 79.9. The molecule has 1 saturated heterocycles. The monoisotopic (exact) mass is 377 g/mol. The number of rotatable bonds is 0. The zero-order valence-electron chi connectivity index (χ0n) is 11.9. The average Bonchev–Trinajstić information content (AvgIpc) is 2.40.